The summed E-state index contributed by atoms with van der Waals surface area (Å²) in [5.41, 5.74) is 12.6. The molecule has 0 saturated heterocycles. The van der Waals surface area contributed by atoms with E-state index < -0.39 is 0 Å². The van der Waals surface area contributed by atoms with Crippen molar-refractivity contribution in [3.05, 3.63) is 133 Å². The van der Waals surface area contributed by atoms with Crippen LogP contribution in [-0.2, 0) is 14.1 Å². The fraction of sp³-hybridized carbons (Fsp3) is 0.0769. The van der Waals surface area contributed by atoms with Gasteiger partial charge in [0.2, 0.25) is 0 Å². The summed E-state index contributed by atoms with van der Waals surface area (Å²) >= 11 is 0. The number of aromatic nitrogens is 3. The largest absolute Gasteiger partial charge is 0.454 e. The Balaban J connectivity index is 1.40. The average Bonchev–Trinajstić information content (AvgIpc) is 3.56. The minimum absolute atomic E-state index is 0.850. The van der Waals surface area contributed by atoms with Crippen molar-refractivity contribution in [1.29, 1.82) is 0 Å². The standard InChI is InChI=1S/C39H30N3O/c1-25-21-22-30-29-17-12-18-31(37(29)43-38(30)36(25)39-41(2)34-19-10-11-20-35(34)42(39)3)33-24-28(26-13-6-4-7-14-26)23-32(40-33)27-15-8-5-9-16-27/h4-24H,1-3H3/q+1. The lowest BCUT2D eigenvalue weighted by Gasteiger charge is -2.10. The highest BCUT2D eigenvalue weighted by Crippen LogP contribution is 2.41. The van der Waals surface area contributed by atoms with E-state index in [4.69, 9.17) is 9.40 Å². The van der Waals surface area contributed by atoms with Crippen LogP contribution >= 0.6 is 0 Å². The fourth-order valence-electron chi connectivity index (χ4n) is 6.48. The number of aryl methyl sites for hydroxylation is 3. The molecular weight excluding hydrogens is 526 g/mol. The predicted octanol–water partition coefficient (Wildman–Crippen LogP) is 9.27. The highest BCUT2D eigenvalue weighted by atomic mass is 16.3. The van der Waals surface area contributed by atoms with Crippen molar-refractivity contribution in [2.24, 2.45) is 14.1 Å². The molecule has 0 unspecified atom stereocenters. The van der Waals surface area contributed by atoms with E-state index in [1.165, 1.54) is 16.6 Å². The van der Waals surface area contributed by atoms with Gasteiger partial charge in [-0.25, -0.2) is 14.1 Å². The van der Waals surface area contributed by atoms with Gasteiger partial charge >= 0.3 is 0 Å². The van der Waals surface area contributed by atoms with Gasteiger partial charge in [-0.05, 0) is 53.9 Å². The van der Waals surface area contributed by atoms with Crippen LogP contribution < -0.4 is 4.57 Å². The van der Waals surface area contributed by atoms with Gasteiger partial charge in [0.1, 0.15) is 11.1 Å². The van der Waals surface area contributed by atoms with E-state index in [-0.39, 0.29) is 0 Å². The number of nitrogens with zero attached hydrogens (tertiary/aromatic N) is 3. The number of hydrogen-bond acceptors (Lipinski definition) is 2. The zero-order valence-corrected chi connectivity index (χ0v) is 24.4. The molecule has 0 bridgehead atoms. The summed E-state index contributed by atoms with van der Waals surface area (Å²) in [6, 6.07) is 44.5. The molecule has 43 heavy (non-hydrogen) atoms. The molecule has 0 N–H and O–H groups in total. The third-order valence-corrected chi connectivity index (χ3v) is 8.62. The zero-order valence-electron chi connectivity index (χ0n) is 24.4. The molecule has 206 valence electrons. The lowest BCUT2D eigenvalue weighted by atomic mass is 9.98. The molecule has 4 heteroatoms. The summed E-state index contributed by atoms with van der Waals surface area (Å²) in [5, 5.41) is 2.19. The van der Waals surface area contributed by atoms with Crippen molar-refractivity contribution in [3.63, 3.8) is 0 Å². The van der Waals surface area contributed by atoms with E-state index in [2.05, 4.69) is 145 Å². The lowest BCUT2D eigenvalue weighted by molar-refractivity contribution is -0.634. The molecule has 0 radical (unpaired) electrons. The lowest BCUT2D eigenvalue weighted by Crippen LogP contribution is -2.30. The molecule has 0 fully saturated rings. The Kier molecular flexibility index (Phi) is 5.76. The number of furan rings is 1. The van der Waals surface area contributed by atoms with Gasteiger partial charge in [-0.2, -0.15) is 0 Å². The Morgan fingerprint density at radius 3 is 2.07 bits per heavy atom. The normalized spacial score (nSPS) is 11.6. The summed E-state index contributed by atoms with van der Waals surface area (Å²) in [4.78, 5) is 5.21. The molecular formula is C39H30N3O+. The number of para-hydroxylation sites is 3. The highest BCUT2D eigenvalue weighted by Gasteiger charge is 2.28. The first kappa shape index (κ1) is 25.2. The smallest absolute Gasteiger partial charge is 0.293 e. The number of hydrogen-bond donors (Lipinski definition) is 0. The van der Waals surface area contributed by atoms with E-state index in [0.29, 0.717) is 0 Å². The van der Waals surface area contributed by atoms with Gasteiger partial charge in [-0.3, -0.25) is 0 Å². The number of imidazole rings is 1. The molecule has 0 amide bonds. The molecule has 8 aromatic rings. The van der Waals surface area contributed by atoms with Crippen LogP contribution in [0.3, 0.4) is 0 Å². The average molecular weight is 557 g/mol. The molecule has 3 heterocycles. The molecule has 0 aliphatic carbocycles. The molecule has 4 nitrogen and oxygen atoms in total. The van der Waals surface area contributed by atoms with E-state index >= 15 is 0 Å². The van der Waals surface area contributed by atoms with E-state index in [1.807, 2.05) is 12.1 Å². The molecule has 0 atom stereocenters. The fourth-order valence-corrected chi connectivity index (χ4v) is 6.48. The van der Waals surface area contributed by atoms with Crippen LogP contribution in [0.5, 0.6) is 0 Å². The van der Waals surface area contributed by atoms with Crippen LogP contribution in [-0.4, -0.2) is 9.55 Å². The van der Waals surface area contributed by atoms with Crippen LogP contribution in [0.25, 0.3) is 78.0 Å². The van der Waals surface area contributed by atoms with Gasteiger partial charge in [0.05, 0.1) is 25.5 Å². The SMILES string of the molecule is Cc1ccc2c(oc3c(-c4cc(-c5ccccc5)cc(-c5ccccc5)n4)cccc32)c1-c1n(C)c2ccccc2[n+]1C. The van der Waals surface area contributed by atoms with E-state index in [0.717, 1.165) is 67.0 Å². The molecule has 8 rings (SSSR count). The Morgan fingerprint density at radius 1 is 0.628 bits per heavy atom. The van der Waals surface area contributed by atoms with Crippen LogP contribution in [0.1, 0.15) is 5.56 Å². The van der Waals surface area contributed by atoms with Crippen LogP contribution in [0, 0.1) is 6.92 Å². The Morgan fingerprint density at radius 2 is 1.30 bits per heavy atom. The predicted molar refractivity (Wildman–Crippen MR) is 176 cm³/mol. The molecule has 3 aromatic heterocycles. The molecule has 0 spiro atoms. The van der Waals surface area contributed by atoms with Gasteiger partial charge in [-0.1, -0.05) is 97.1 Å². The molecule has 0 aliphatic rings. The Bertz CT molecular complexity index is 2210. The first-order valence-corrected chi connectivity index (χ1v) is 14.6. The number of benzene rings is 5. The van der Waals surface area contributed by atoms with Crippen molar-refractivity contribution >= 4 is 33.0 Å². The van der Waals surface area contributed by atoms with Crippen molar-refractivity contribution in [2.75, 3.05) is 0 Å². The van der Waals surface area contributed by atoms with Crippen LogP contribution in [0.4, 0.5) is 0 Å². The number of pyridine rings is 1. The quantitative estimate of drug-likeness (QED) is 0.203. The Labute approximate surface area is 250 Å². The van der Waals surface area contributed by atoms with Gasteiger partial charge < -0.3 is 4.42 Å². The topological polar surface area (TPSA) is 34.8 Å². The number of rotatable bonds is 4. The molecule has 0 aliphatic heterocycles. The van der Waals surface area contributed by atoms with Crippen LogP contribution in [0.15, 0.2) is 132 Å². The van der Waals surface area contributed by atoms with Gasteiger partial charge in [0.25, 0.3) is 5.82 Å². The monoisotopic (exact) mass is 556 g/mol. The van der Waals surface area contributed by atoms with Gasteiger partial charge in [0.15, 0.2) is 16.6 Å². The minimum Gasteiger partial charge on any atom is -0.454 e. The van der Waals surface area contributed by atoms with Gasteiger partial charge in [0, 0.05) is 21.9 Å². The third-order valence-electron chi connectivity index (χ3n) is 8.62. The van der Waals surface area contributed by atoms with Crippen molar-refractivity contribution in [2.45, 2.75) is 6.92 Å². The summed E-state index contributed by atoms with van der Waals surface area (Å²) in [7, 11) is 4.27. The minimum atomic E-state index is 0.850. The van der Waals surface area contributed by atoms with Crippen molar-refractivity contribution in [3.8, 4) is 45.0 Å². The first-order valence-electron chi connectivity index (χ1n) is 14.6. The van der Waals surface area contributed by atoms with Gasteiger partial charge in [-0.15, -0.1) is 0 Å². The van der Waals surface area contributed by atoms with E-state index in [9.17, 15) is 0 Å². The molecule has 5 aromatic carbocycles. The van der Waals surface area contributed by atoms with Crippen LogP contribution in [0.2, 0.25) is 0 Å². The summed E-state index contributed by atoms with van der Waals surface area (Å²) in [5.74, 6) is 1.11. The summed E-state index contributed by atoms with van der Waals surface area (Å²) in [6.45, 7) is 2.16. The van der Waals surface area contributed by atoms with Crippen molar-refractivity contribution < 1.29 is 8.98 Å². The maximum Gasteiger partial charge on any atom is 0.293 e. The van der Waals surface area contributed by atoms with E-state index in [1.54, 1.807) is 0 Å². The maximum absolute atomic E-state index is 6.93. The highest BCUT2D eigenvalue weighted by molar-refractivity contribution is 6.13. The Hall–Kier alpha value is -5.48. The third kappa shape index (κ3) is 3.98. The zero-order chi connectivity index (χ0) is 29.1. The maximum atomic E-state index is 6.93. The number of fused-ring (bicyclic) bond motifs is 4. The van der Waals surface area contributed by atoms with Crippen molar-refractivity contribution in [1.82, 2.24) is 9.55 Å². The second kappa shape index (κ2) is 9.81. The first-order chi connectivity index (χ1) is 21.1. The summed E-state index contributed by atoms with van der Waals surface area (Å²) in [6.07, 6.45) is 0. The molecule has 0 saturated carbocycles. The second-order valence-corrected chi connectivity index (χ2v) is 11.2. The second-order valence-electron chi connectivity index (χ2n) is 11.2. The summed E-state index contributed by atoms with van der Waals surface area (Å²) < 4.78 is 11.5.